The number of amides is 3. The molecule has 0 aromatic heterocycles. The van der Waals surface area contributed by atoms with Gasteiger partial charge in [-0.2, -0.15) is 0 Å². The number of aliphatic hydroxyl groups is 2. The number of nitrogens with zero attached hydrogens (tertiary/aromatic N) is 2. The fourth-order valence-electron chi connectivity index (χ4n) is 4.55. The Balaban J connectivity index is 0.000000245. The van der Waals surface area contributed by atoms with Crippen LogP contribution in [-0.4, -0.2) is 89.5 Å². The Hall–Kier alpha value is -3.47. The summed E-state index contributed by atoms with van der Waals surface area (Å²) in [5.74, 6) is -2.16. The first-order valence-electron chi connectivity index (χ1n) is 13.2. The number of carbonyl (C=O) groups excluding carboxylic acids is 3. The summed E-state index contributed by atoms with van der Waals surface area (Å²) in [6.07, 6.45) is 6.00. The van der Waals surface area contributed by atoms with E-state index in [1.165, 1.54) is 40.9 Å². The summed E-state index contributed by atoms with van der Waals surface area (Å²) in [7, 11) is 0. The van der Waals surface area contributed by atoms with Crippen molar-refractivity contribution in [2.75, 3.05) is 12.4 Å². The third kappa shape index (κ3) is 8.16. The zero-order chi connectivity index (χ0) is 32.7. The predicted molar refractivity (Wildman–Crippen MR) is 162 cm³/mol. The molecule has 44 heavy (non-hydrogen) atoms. The number of hydrogen-bond donors (Lipinski definition) is 6. The smallest absolute Gasteiger partial charge is 0.352 e. The van der Waals surface area contributed by atoms with Gasteiger partial charge in [0.05, 0.1) is 17.6 Å². The van der Waals surface area contributed by atoms with Gasteiger partial charge in [-0.3, -0.25) is 29.4 Å². The maximum absolute atomic E-state index is 12.3. The van der Waals surface area contributed by atoms with E-state index in [0.717, 1.165) is 12.0 Å². The molecule has 3 aliphatic rings. The standard InChI is InChI=1S/C16H19N3O4S.C11H12Cl2N2O5/c1-8-7-24-15-11(14(21)19(15)12(8)16(22)23)18-13(20)10(17)9-5-3-2-4-6-9;12-10(13)11(18)14-8(5-16)9(17)6-1-3-7(4-2-6)15(19)20/h2-3,6,10-11,15H,4-5,7,17H2,1H3,(H,18,20)(H,22,23);1-4,8-10,16-17H,5H2,(H,14,18)/t10-,11-,15-;8-,9-/m11/s1. The van der Waals surface area contributed by atoms with Gasteiger partial charge in [-0.05, 0) is 48.6 Å². The van der Waals surface area contributed by atoms with Crippen LogP contribution < -0.4 is 16.4 Å². The molecule has 1 saturated heterocycles. The summed E-state index contributed by atoms with van der Waals surface area (Å²) in [5.41, 5.74) is 7.66. The highest BCUT2D eigenvalue weighted by molar-refractivity contribution is 8.00. The van der Waals surface area contributed by atoms with Gasteiger partial charge in [-0.15, -0.1) is 11.8 Å². The SMILES string of the molecule is CC1=C(C(=O)O)N2C(=O)[C@@H](NC(=O)[C@H](N)C3=CCC=CC3)[C@H]2SC1.O=C(N[C@H](CO)[C@H](O)c1ccc([N+](=O)[O-])cc1)C(Cl)Cl. The summed E-state index contributed by atoms with van der Waals surface area (Å²) in [5, 5.41) is 43.5. The Morgan fingerprint density at radius 1 is 1.20 bits per heavy atom. The van der Waals surface area contributed by atoms with Crippen LogP contribution >= 0.6 is 35.0 Å². The zero-order valence-corrected chi connectivity index (χ0v) is 25.6. The average molecular weight is 673 g/mol. The number of fused-ring (bicyclic) bond motifs is 1. The van der Waals surface area contributed by atoms with E-state index in [-0.39, 0.29) is 16.8 Å². The third-order valence-corrected chi connectivity index (χ3v) is 8.75. The number of carboxylic acid groups (broad SMARTS) is 1. The van der Waals surface area contributed by atoms with E-state index >= 15 is 0 Å². The summed E-state index contributed by atoms with van der Waals surface area (Å²) in [4.78, 5) is 57.2. The number of carbonyl (C=O) groups is 4. The molecule has 1 aromatic carbocycles. The van der Waals surface area contributed by atoms with Crippen molar-refractivity contribution in [1.82, 2.24) is 15.5 Å². The fourth-order valence-corrected chi connectivity index (χ4v) is 5.97. The molecule has 0 spiro atoms. The molecule has 17 heteroatoms. The summed E-state index contributed by atoms with van der Waals surface area (Å²) >= 11 is 12.1. The van der Waals surface area contributed by atoms with Crippen LogP contribution in [0, 0.1) is 10.1 Å². The number of nitrogens with two attached hydrogens (primary N) is 1. The van der Waals surface area contributed by atoms with Crippen LogP contribution in [0.2, 0.25) is 0 Å². The summed E-state index contributed by atoms with van der Waals surface area (Å²) in [6.45, 7) is 1.15. The van der Waals surface area contributed by atoms with Crippen LogP contribution in [-0.2, 0) is 19.2 Å². The lowest BCUT2D eigenvalue weighted by Gasteiger charge is -2.49. The second-order valence-corrected chi connectivity index (χ2v) is 12.1. The van der Waals surface area contributed by atoms with E-state index in [1.54, 1.807) is 6.92 Å². The number of benzene rings is 1. The van der Waals surface area contributed by atoms with Crippen molar-refractivity contribution >= 4 is 64.3 Å². The first-order chi connectivity index (χ1) is 20.8. The number of halogens is 2. The van der Waals surface area contributed by atoms with Gasteiger partial charge >= 0.3 is 5.97 Å². The van der Waals surface area contributed by atoms with E-state index in [0.29, 0.717) is 23.3 Å². The quantitative estimate of drug-likeness (QED) is 0.0682. The number of allylic oxidation sites excluding steroid dienone is 3. The molecule has 7 N–H and O–H groups in total. The number of aliphatic carboxylic acids is 1. The highest BCUT2D eigenvalue weighted by Crippen LogP contribution is 2.40. The molecule has 0 bridgehead atoms. The fraction of sp³-hybridized carbons (Fsp3) is 0.407. The number of carboxylic acids is 1. The minimum Gasteiger partial charge on any atom is -0.477 e. The lowest BCUT2D eigenvalue weighted by atomic mass is 9.97. The van der Waals surface area contributed by atoms with Crippen LogP contribution in [0.3, 0.4) is 0 Å². The number of nitro groups is 1. The van der Waals surface area contributed by atoms with Gasteiger partial charge < -0.3 is 31.7 Å². The average Bonchev–Trinajstić information content (AvgIpc) is 3.01. The van der Waals surface area contributed by atoms with Crippen LogP contribution in [0.15, 0.2) is 59.3 Å². The number of hydrogen-bond acceptors (Lipinski definition) is 10. The number of aliphatic hydroxyl groups excluding tert-OH is 2. The minimum absolute atomic E-state index is 0.0265. The number of nitro benzene ring substituents is 1. The zero-order valence-electron chi connectivity index (χ0n) is 23.3. The second-order valence-electron chi connectivity index (χ2n) is 9.89. The molecule has 3 amide bonds. The molecule has 0 unspecified atom stereocenters. The molecule has 238 valence electrons. The lowest BCUT2D eigenvalue weighted by Crippen LogP contribution is -2.71. The minimum atomic E-state index is -1.33. The van der Waals surface area contributed by atoms with E-state index in [2.05, 4.69) is 10.6 Å². The molecule has 2 aliphatic heterocycles. The Bertz CT molecular complexity index is 1390. The molecule has 0 radical (unpaired) electrons. The highest BCUT2D eigenvalue weighted by Gasteiger charge is 2.54. The number of alkyl halides is 2. The van der Waals surface area contributed by atoms with Crippen molar-refractivity contribution in [3.8, 4) is 0 Å². The lowest BCUT2D eigenvalue weighted by molar-refractivity contribution is -0.384. The van der Waals surface area contributed by atoms with E-state index in [9.17, 15) is 39.5 Å². The highest BCUT2D eigenvalue weighted by atomic mass is 35.5. The van der Waals surface area contributed by atoms with Gasteiger partial charge in [-0.1, -0.05) is 41.4 Å². The molecular weight excluding hydrogens is 641 g/mol. The van der Waals surface area contributed by atoms with E-state index in [4.69, 9.17) is 34.0 Å². The van der Waals surface area contributed by atoms with Gasteiger partial charge in [0.2, 0.25) is 5.91 Å². The Kier molecular flexibility index (Phi) is 12.3. The largest absolute Gasteiger partial charge is 0.477 e. The van der Waals surface area contributed by atoms with Crippen LogP contribution in [0.4, 0.5) is 5.69 Å². The Labute approximate surface area is 266 Å². The molecule has 1 aromatic rings. The summed E-state index contributed by atoms with van der Waals surface area (Å²) < 4.78 is 0. The topological polar surface area (TPSA) is 225 Å². The van der Waals surface area contributed by atoms with Gasteiger partial charge in [-0.25, -0.2) is 4.79 Å². The number of non-ortho nitro benzene ring substituents is 1. The molecule has 1 fully saturated rings. The second kappa shape index (κ2) is 15.5. The van der Waals surface area contributed by atoms with Gasteiger partial charge in [0.15, 0.2) is 4.84 Å². The van der Waals surface area contributed by atoms with E-state index in [1.807, 2.05) is 18.2 Å². The van der Waals surface area contributed by atoms with Gasteiger partial charge in [0.25, 0.3) is 17.5 Å². The first kappa shape index (κ1) is 35.0. The van der Waals surface area contributed by atoms with Crippen molar-refractivity contribution in [2.45, 2.75) is 54.2 Å². The monoisotopic (exact) mass is 671 g/mol. The van der Waals surface area contributed by atoms with E-state index < -0.39 is 64.3 Å². The predicted octanol–water partition coefficient (Wildman–Crippen LogP) is 1.26. The molecule has 2 heterocycles. The number of nitrogens with one attached hydrogen (secondary N) is 2. The molecule has 5 atom stereocenters. The number of thioether (sulfide) groups is 1. The molecule has 1 aliphatic carbocycles. The molecule has 0 saturated carbocycles. The maximum atomic E-state index is 12.3. The normalized spacial score (nSPS) is 21.1. The number of β-lactam (4-membered cyclic amide) rings is 1. The van der Waals surface area contributed by atoms with Crippen LogP contribution in [0.25, 0.3) is 0 Å². The first-order valence-corrected chi connectivity index (χ1v) is 15.1. The van der Waals surface area contributed by atoms with Crippen LogP contribution in [0.1, 0.15) is 31.4 Å². The molecule has 14 nitrogen and oxygen atoms in total. The third-order valence-electron chi connectivity index (χ3n) is 6.93. The van der Waals surface area contributed by atoms with Crippen molar-refractivity contribution in [1.29, 1.82) is 0 Å². The Morgan fingerprint density at radius 3 is 2.39 bits per heavy atom. The van der Waals surface area contributed by atoms with Crippen molar-refractivity contribution in [2.24, 2.45) is 5.73 Å². The molecule has 4 rings (SSSR count). The van der Waals surface area contributed by atoms with Gasteiger partial charge in [0, 0.05) is 17.9 Å². The van der Waals surface area contributed by atoms with Crippen molar-refractivity contribution in [3.05, 3.63) is 75.0 Å². The molecular formula is C27H31Cl2N5O9S. The summed E-state index contributed by atoms with van der Waals surface area (Å²) in [6, 6.07) is 2.54. The van der Waals surface area contributed by atoms with Crippen LogP contribution in [0.5, 0.6) is 0 Å². The van der Waals surface area contributed by atoms with Crippen molar-refractivity contribution < 1.29 is 39.4 Å². The van der Waals surface area contributed by atoms with Gasteiger partial charge in [0.1, 0.15) is 29.3 Å². The van der Waals surface area contributed by atoms with Crippen molar-refractivity contribution in [3.63, 3.8) is 0 Å². The Morgan fingerprint density at radius 2 is 1.86 bits per heavy atom. The number of rotatable bonds is 10. The maximum Gasteiger partial charge on any atom is 0.352 e.